The van der Waals surface area contributed by atoms with E-state index in [-0.39, 0.29) is 29.8 Å². The van der Waals surface area contributed by atoms with Gasteiger partial charge in [0.2, 0.25) is 0 Å². The molecule has 1 aromatic rings. The highest BCUT2D eigenvalue weighted by atomic mass is 35.5. The van der Waals surface area contributed by atoms with Gasteiger partial charge >= 0.3 is 0 Å². The van der Waals surface area contributed by atoms with Crippen LogP contribution in [0, 0.1) is 5.41 Å². The second kappa shape index (κ2) is 6.31. The summed E-state index contributed by atoms with van der Waals surface area (Å²) in [7, 11) is 0. The van der Waals surface area contributed by atoms with Crippen LogP contribution in [0.4, 0.5) is 0 Å². The van der Waals surface area contributed by atoms with Crippen molar-refractivity contribution in [2.24, 2.45) is 11.1 Å². The highest BCUT2D eigenvalue weighted by molar-refractivity contribution is 5.99. The minimum Gasteiger partial charge on any atom is -0.488 e. The van der Waals surface area contributed by atoms with Gasteiger partial charge in [0.05, 0.1) is 5.57 Å². The van der Waals surface area contributed by atoms with Gasteiger partial charge < -0.3 is 15.4 Å². The van der Waals surface area contributed by atoms with Gasteiger partial charge in [0, 0.05) is 24.7 Å². The summed E-state index contributed by atoms with van der Waals surface area (Å²) in [6, 6.07) is 7.94. The maximum atomic E-state index is 12.7. The van der Waals surface area contributed by atoms with Gasteiger partial charge in [0.15, 0.2) is 0 Å². The SMILES string of the molecule is CC1(C)CN(C(=O)C2=Cc3ccccc3OC2)CCC1N.Cl. The van der Waals surface area contributed by atoms with E-state index in [2.05, 4.69) is 13.8 Å². The molecule has 1 fully saturated rings. The summed E-state index contributed by atoms with van der Waals surface area (Å²) in [4.78, 5) is 14.6. The number of likely N-dealkylation sites (tertiary alicyclic amines) is 1. The Kier molecular flexibility index (Phi) is 4.83. The van der Waals surface area contributed by atoms with Crippen LogP contribution in [0.25, 0.3) is 6.08 Å². The number of nitrogens with two attached hydrogens (primary N) is 1. The molecule has 1 amide bonds. The van der Waals surface area contributed by atoms with E-state index in [1.807, 2.05) is 35.2 Å². The first kappa shape index (κ1) is 16.8. The lowest BCUT2D eigenvalue weighted by Gasteiger charge is -2.43. The molecular formula is C17H23ClN2O2. The molecule has 0 aromatic heterocycles. The van der Waals surface area contributed by atoms with Crippen LogP contribution in [0.2, 0.25) is 0 Å². The van der Waals surface area contributed by atoms with Gasteiger partial charge in [-0.15, -0.1) is 12.4 Å². The van der Waals surface area contributed by atoms with E-state index in [0.29, 0.717) is 13.2 Å². The minimum atomic E-state index is -0.0398. The second-order valence-corrected chi connectivity index (χ2v) is 6.61. The number of nitrogens with zero attached hydrogens (tertiary/aromatic N) is 1. The van der Waals surface area contributed by atoms with E-state index >= 15 is 0 Å². The number of hydrogen-bond donors (Lipinski definition) is 1. The zero-order valence-corrected chi connectivity index (χ0v) is 13.9. The van der Waals surface area contributed by atoms with E-state index in [1.165, 1.54) is 0 Å². The Hall–Kier alpha value is -1.52. The first-order valence-electron chi connectivity index (χ1n) is 7.45. The molecule has 120 valence electrons. The standard InChI is InChI=1S/C17H22N2O2.ClH/c1-17(2)11-19(8-7-15(17)18)16(20)13-9-12-5-3-4-6-14(12)21-10-13;/h3-6,9,15H,7-8,10-11,18H2,1-2H3;1H. The number of hydrogen-bond acceptors (Lipinski definition) is 3. The normalized spacial score (nSPS) is 22.8. The molecule has 22 heavy (non-hydrogen) atoms. The summed E-state index contributed by atoms with van der Waals surface area (Å²) < 4.78 is 5.68. The molecule has 2 N–H and O–H groups in total. The number of carbonyl (C=O) groups excluding carboxylic acids is 1. The zero-order chi connectivity index (χ0) is 15.0. The minimum absolute atomic E-state index is 0. The molecule has 2 aliphatic rings. The maximum absolute atomic E-state index is 12.7. The van der Waals surface area contributed by atoms with E-state index in [0.717, 1.165) is 29.9 Å². The lowest BCUT2D eigenvalue weighted by molar-refractivity contribution is -0.130. The number of rotatable bonds is 1. The number of halogens is 1. The van der Waals surface area contributed by atoms with Crippen LogP contribution in [0.5, 0.6) is 5.75 Å². The van der Waals surface area contributed by atoms with Crippen LogP contribution in [-0.2, 0) is 4.79 Å². The fourth-order valence-corrected chi connectivity index (χ4v) is 2.99. The van der Waals surface area contributed by atoms with Crippen molar-refractivity contribution in [3.8, 4) is 5.75 Å². The monoisotopic (exact) mass is 322 g/mol. The third-order valence-electron chi connectivity index (χ3n) is 4.51. The highest BCUT2D eigenvalue weighted by Gasteiger charge is 2.36. The van der Waals surface area contributed by atoms with Crippen LogP contribution in [-0.4, -0.2) is 36.5 Å². The topological polar surface area (TPSA) is 55.6 Å². The molecule has 0 spiro atoms. The Morgan fingerprint density at radius 1 is 1.36 bits per heavy atom. The quantitative estimate of drug-likeness (QED) is 0.864. The van der Waals surface area contributed by atoms with Crippen LogP contribution in [0.15, 0.2) is 29.8 Å². The highest BCUT2D eigenvalue weighted by Crippen LogP contribution is 2.30. The summed E-state index contributed by atoms with van der Waals surface area (Å²) in [5.41, 5.74) is 7.79. The molecule has 3 rings (SSSR count). The fraction of sp³-hybridized carbons (Fsp3) is 0.471. The van der Waals surface area contributed by atoms with Gasteiger partial charge in [-0.25, -0.2) is 0 Å². The molecule has 1 aromatic carbocycles. The zero-order valence-electron chi connectivity index (χ0n) is 13.0. The number of piperidine rings is 1. The van der Waals surface area contributed by atoms with Crippen molar-refractivity contribution in [2.45, 2.75) is 26.3 Å². The van der Waals surface area contributed by atoms with Gasteiger partial charge in [-0.2, -0.15) is 0 Å². The van der Waals surface area contributed by atoms with Gasteiger partial charge in [-0.3, -0.25) is 4.79 Å². The van der Waals surface area contributed by atoms with E-state index < -0.39 is 0 Å². The van der Waals surface area contributed by atoms with Crippen LogP contribution in [0.1, 0.15) is 25.8 Å². The number of benzene rings is 1. The molecule has 0 bridgehead atoms. The first-order chi connectivity index (χ1) is 9.97. The molecule has 2 heterocycles. The molecule has 0 saturated carbocycles. The predicted molar refractivity (Wildman–Crippen MR) is 90.1 cm³/mol. The third-order valence-corrected chi connectivity index (χ3v) is 4.51. The summed E-state index contributed by atoms with van der Waals surface area (Å²) in [5.74, 6) is 0.916. The number of amides is 1. The summed E-state index contributed by atoms with van der Waals surface area (Å²) in [5, 5.41) is 0. The molecule has 4 nitrogen and oxygen atoms in total. The van der Waals surface area contributed by atoms with E-state index in [9.17, 15) is 4.79 Å². The average molecular weight is 323 g/mol. The Morgan fingerprint density at radius 2 is 2.09 bits per heavy atom. The number of para-hydroxylation sites is 1. The molecule has 1 unspecified atom stereocenters. The number of fused-ring (bicyclic) bond motifs is 1. The Balaban J connectivity index is 0.00000176. The van der Waals surface area contributed by atoms with Crippen LogP contribution < -0.4 is 10.5 Å². The molecule has 0 aliphatic carbocycles. The molecule has 1 atom stereocenters. The van der Waals surface area contributed by atoms with Gasteiger partial charge in [-0.1, -0.05) is 32.0 Å². The van der Waals surface area contributed by atoms with E-state index in [1.54, 1.807) is 0 Å². The Labute approximate surface area is 137 Å². The van der Waals surface area contributed by atoms with Crippen molar-refractivity contribution < 1.29 is 9.53 Å². The van der Waals surface area contributed by atoms with E-state index in [4.69, 9.17) is 10.5 Å². The lowest BCUT2D eigenvalue weighted by atomic mass is 9.79. The predicted octanol–water partition coefficient (Wildman–Crippen LogP) is 2.47. The maximum Gasteiger partial charge on any atom is 0.253 e. The molecule has 1 saturated heterocycles. The van der Waals surface area contributed by atoms with Crippen molar-refractivity contribution in [2.75, 3.05) is 19.7 Å². The summed E-state index contributed by atoms with van der Waals surface area (Å²) in [6.45, 7) is 6.02. The van der Waals surface area contributed by atoms with Crippen LogP contribution >= 0.6 is 12.4 Å². The second-order valence-electron chi connectivity index (χ2n) is 6.61. The Morgan fingerprint density at radius 3 is 2.82 bits per heavy atom. The van der Waals surface area contributed by atoms with Gasteiger partial charge in [0.25, 0.3) is 5.91 Å². The van der Waals surface area contributed by atoms with Gasteiger partial charge in [-0.05, 0) is 24.0 Å². The molecule has 0 radical (unpaired) electrons. The third kappa shape index (κ3) is 3.13. The lowest BCUT2D eigenvalue weighted by Crippen LogP contribution is -2.54. The van der Waals surface area contributed by atoms with Crippen molar-refractivity contribution >= 4 is 24.4 Å². The summed E-state index contributed by atoms with van der Waals surface area (Å²) >= 11 is 0. The smallest absolute Gasteiger partial charge is 0.253 e. The van der Waals surface area contributed by atoms with Gasteiger partial charge in [0.1, 0.15) is 12.4 Å². The average Bonchev–Trinajstić information content (AvgIpc) is 2.48. The van der Waals surface area contributed by atoms with Crippen molar-refractivity contribution in [3.05, 3.63) is 35.4 Å². The van der Waals surface area contributed by atoms with Crippen LogP contribution in [0.3, 0.4) is 0 Å². The van der Waals surface area contributed by atoms with Crippen molar-refractivity contribution in [3.63, 3.8) is 0 Å². The number of ether oxygens (including phenoxy) is 1. The molecular weight excluding hydrogens is 300 g/mol. The fourth-order valence-electron chi connectivity index (χ4n) is 2.99. The molecule has 2 aliphatic heterocycles. The Bertz CT molecular complexity index is 598. The van der Waals surface area contributed by atoms with Crippen molar-refractivity contribution in [1.29, 1.82) is 0 Å². The molecule has 5 heteroatoms. The van der Waals surface area contributed by atoms with Crippen molar-refractivity contribution in [1.82, 2.24) is 4.90 Å². The number of carbonyl (C=O) groups is 1. The first-order valence-corrected chi connectivity index (χ1v) is 7.45. The largest absolute Gasteiger partial charge is 0.488 e. The summed E-state index contributed by atoms with van der Waals surface area (Å²) in [6.07, 6.45) is 2.80.